The molecular formula is C14H26N4O2. The summed E-state index contributed by atoms with van der Waals surface area (Å²) in [5.74, 6) is 0.265. The van der Waals surface area contributed by atoms with Crippen molar-refractivity contribution in [1.82, 2.24) is 20.4 Å². The molecule has 0 bridgehead atoms. The molecule has 6 nitrogen and oxygen atoms in total. The van der Waals surface area contributed by atoms with E-state index >= 15 is 0 Å². The third-order valence-corrected chi connectivity index (χ3v) is 4.34. The number of carbonyl (C=O) groups excluding carboxylic acids is 2. The molecular weight excluding hydrogens is 256 g/mol. The van der Waals surface area contributed by atoms with E-state index in [1.54, 1.807) is 7.05 Å². The van der Waals surface area contributed by atoms with Gasteiger partial charge in [0, 0.05) is 39.1 Å². The van der Waals surface area contributed by atoms with Gasteiger partial charge in [0.2, 0.25) is 11.8 Å². The van der Waals surface area contributed by atoms with Crippen LogP contribution in [0.25, 0.3) is 0 Å². The first-order valence-electron chi connectivity index (χ1n) is 7.51. The van der Waals surface area contributed by atoms with E-state index in [0.717, 1.165) is 45.6 Å². The van der Waals surface area contributed by atoms with Crippen molar-refractivity contribution in [2.24, 2.45) is 11.8 Å². The van der Waals surface area contributed by atoms with Gasteiger partial charge in [0.15, 0.2) is 0 Å². The van der Waals surface area contributed by atoms with Gasteiger partial charge in [-0.2, -0.15) is 0 Å². The van der Waals surface area contributed by atoms with Crippen LogP contribution in [0.1, 0.15) is 12.8 Å². The van der Waals surface area contributed by atoms with Crippen molar-refractivity contribution in [3.63, 3.8) is 0 Å². The van der Waals surface area contributed by atoms with E-state index in [0.29, 0.717) is 6.54 Å². The molecule has 0 aliphatic carbocycles. The highest BCUT2D eigenvalue weighted by molar-refractivity contribution is 5.82. The van der Waals surface area contributed by atoms with E-state index in [-0.39, 0.29) is 23.7 Å². The normalized spacial score (nSPS) is 26.1. The lowest BCUT2D eigenvalue weighted by Gasteiger charge is -2.30. The van der Waals surface area contributed by atoms with Crippen molar-refractivity contribution in [3.8, 4) is 0 Å². The first-order valence-corrected chi connectivity index (χ1v) is 7.51. The number of hydrogen-bond donors (Lipinski definition) is 2. The van der Waals surface area contributed by atoms with E-state index in [9.17, 15) is 9.59 Å². The summed E-state index contributed by atoms with van der Waals surface area (Å²) in [4.78, 5) is 28.6. The Kier molecular flexibility index (Phi) is 5.37. The fourth-order valence-corrected chi connectivity index (χ4v) is 3.07. The van der Waals surface area contributed by atoms with Gasteiger partial charge in [0.25, 0.3) is 0 Å². The number of rotatable bonds is 2. The fraction of sp³-hybridized carbons (Fsp3) is 0.857. The first-order chi connectivity index (χ1) is 9.61. The lowest BCUT2D eigenvalue weighted by atomic mass is 9.96. The molecule has 0 unspecified atom stereocenters. The monoisotopic (exact) mass is 282 g/mol. The molecule has 2 amide bonds. The van der Waals surface area contributed by atoms with Gasteiger partial charge in [-0.1, -0.05) is 0 Å². The quantitative estimate of drug-likeness (QED) is 0.690. The molecule has 2 rings (SSSR count). The molecule has 2 N–H and O–H groups in total. The minimum Gasteiger partial charge on any atom is -0.359 e. The zero-order valence-electron chi connectivity index (χ0n) is 12.5. The van der Waals surface area contributed by atoms with Crippen LogP contribution in [0, 0.1) is 11.8 Å². The summed E-state index contributed by atoms with van der Waals surface area (Å²) in [7, 11) is 3.67. The van der Waals surface area contributed by atoms with Crippen molar-refractivity contribution >= 4 is 11.8 Å². The van der Waals surface area contributed by atoms with Gasteiger partial charge in [0.05, 0.1) is 5.92 Å². The van der Waals surface area contributed by atoms with Gasteiger partial charge in [-0.25, -0.2) is 0 Å². The van der Waals surface area contributed by atoms with Crippen LogP contribution in [0.15, 0.2) is 0 Å². The SMILES string of the molecule is CNC(=O)[C@H]1CN(C)CCN(C(=O)C2CCNCC2)C1. The number of amides is 2. The van der Waals surface area contributed by atoms with E-state index in [1.807, 2.05) is 11.9 Å². The number of nitrogens with zero attached hydrogens (tertiary/aromatic N) is 2. The lowest BCUT2D eigenvalue weighted by Crippen LogP contribution is -2.45. The Balaban J connectivity index is 2.01. The second kappa shape index (κ2) is 7.04. The van der Waals surface area contributed by atoms with Crippen LogP contribution in [0.2, 0.25) is 0 Å². The Bertz CT molecular complexity index is 355. The number of nitrogens with one attached hydrogen (secondary N) is 2. The van der Waals surface area contributed by atoms with Gasteiger partial charge in [0.1, 0.15) is 0 Å². The third kappa shape index (κ3) is 3.70. The summed E-state index contributed by atoms with van der Waals surface area (Å²) in [5.41, 5.74) is 0. The Morgan fingerprint density at radius 3 is 2.45 bits per heavy atom. The predicted octanol–water partition coefficient (Wildman–Crippen LogP) is -0.878. The second-order valence-corrected chi connectivity index (χ2v) is 5.88. The summed E-state index contributed by atoms with van der Waals surface area (Å²) >= 11 is 0. The third-order valence-electron chi connectivity index (χ3n) is 4.34. The standard InChI is InChI=1S/C14H26N4O2/c1-15-13(19)12-9-17(2)7-8-18(10-12)14(20)11-3-5-16-6-4-11/h11-12,16H,3-10H2,1-2H3,(H,15,19)/t12-/m0/s1. The van der Waals surface area contributed by atoms with E-state index in [1.165, 1.54) is 0 Å². The van der Waals surface area contributed by atoms with Crippen molar-refractivity contribution in [3.05, 3.63) is 0 Å². The van der Waals surface area contributed by atoms with Crippen LogP contribution in [0.3, 0.4) is 0 Å². The molecule has 6 heteroatoms. The molecule has 2 aliphatic rings. The smallest absolute Gasteiger partial charge is 0.225 e. The zero-order chi connectivity index (χ0) is 14.5. The van der Waals surface area contributed by atoms with E-state index in [4.69, 9.17) is 0 Å². The summed E-state index contributed by atoms with van der Waals surface area (Å²) in [6.07, 6.45) is 1.83. The maximum absolute atomic E-state index is 12.6. The average Bonchev–Trinajstić information content (AvgIpc) is 2.68. The Morgan fingerprint density at radius 2 is 1.80 bits per heavy atom. The molecule has 2 fully saturated rings. The minimum atomic E-state index is -0.127. The molecule has 2 saturated heterocycles. The van der Waals surface area contributed by atoms with Crippen LogP contribution in [0.4, 0.5) is 0 Å². The Hall–Kier alpha value is -1.14. The van der Waals surface area contributed by atoms with Crippen molar-refractivity contribution in [2.75, 3.05) is 53.4 Å². The Labute approximate surface area is 120 Å². The van der Waals surface area contributed by atoms with E-state index < -0.39 is 0 Å². The van der Waals surface area contributed by atoms with Gasteiger partial charge < -0.3 is 20.4 Å². The molecule has 0 aromatic carbocycles. The van der Waals surface area contributed by atoms with Crippen molar-refractivity contribution < 1.29 is 9.59 Å². The summed E-state index contributed by atoms with van der Waals surface area (Å²) in [6.45, 7) is 4.67. The van der Waals surface area contributed by atoms with E-state index in [2.05, 4.69) is 15.5 Å². The van der Waals surface area contributed by atoms with Gasteiger partial charge >= 0.3 is 0 Å². The molecule has 0 radical (unpaired) electrons. The number of piperidine rings is 1. The highest BCUT2D eigenvalue weighted by Crippen LogP contribution is 2.18. The van der Waals surface area contributed by atoms with Gasteiger partial charge in [-0.05, 0) is 33.0 Å². The highest BCUT2D eigenvalue weighted by Gasteiger charge is 2.32. The Morgan fingerprint density at radius 1 is 1.10 bits per heavy atom. The largest absolute Gasteiger partial charge is 0.359 e. The maximum Gasteiger partial charge on any atom is 0.225 e. The molecule has 0 aromatic heterocycles. The number of hydrogen-bond acceptors (Lipinski definition) is 4. The number of likely N-dealkylation sites (N-methyl/N-ethyl adjacent to an activating group) is 1. The summed E-state index contributed by atoms with van der Waals surface area (Å²) in [5, 5.41) is 5.99. The van der Waals surface area contributed by atoms with Crippen LogP contribution >= 0.6 is 0 Å². The lowest BCUT2D eigenvalue weighted by molar-refractivity contribution is -0.137. The average molecular weight is 282 g/mol. The van der Waals surface area contributed by atoms with Crippen LogP contribution in [0.5, 0.6) is 0 Å². The summed E-state index contributed by atoms with van der Waals surface area (Å²) < 4.78 is 0. The zero-order valence-corrected chi connectivity index (χ0v) is 12.5. The maximum atomic E-state index is 12.6. The molecule has 2 aliphatic heterocycles. The predicted molar refractivity (Wildman–Crippen MR) is 77.2 cm³/mol. The van der Waals surface area contributed by atoms with Crippen LogP contribution in [-0.2, 0) is 9.59 Å². The molecule has 114 valence electrons. The van der Waals surface area contributed by atoms with Gasteiger partial charge in [-0.15, -0.1) is 0 Å². The molecule has 1 atom stereocenters. The number of carbonyl (C=O) groups is 2. The minimum absolute atomic E-state index is 0.0295. The highest BCUT2D eigenvalue weighted by atomic mass is 16.2. The fourth-order valence-electron chi connectivity index (χ4n) is 3.07. The van der Waals surface area contributed by atoms with Crippen LogP contribution < -0.4 is 10.6 Å². The summed E-state index contributed by atoms with van der Waals surface area (Å²) in [6, 6.07) is 0. The van der Waals surface area contributed by atoms with Crippen molar-refractivity contribution in [1.29, 1.82) is 0 Å². The molecule has 0 aromatic rings. The molecule has 20 heavy (non-hydrogen) atoms. The van der Waals surface area contributed by atoms with Crippen LogP contribution in [-0.4, -0.2) is 75.0 Å². The second-order valence-electron chi connectivity index (χ2n) is 5.88. The first kappa shape index (κ1) is 15.3. The van der Waals surface area contributed by atoms with Crippen molar-refractivity contribution in [2.45, 2.75) is 12.8 Å². The molecule has 0 saturated carbocycles. The van der Waals surface area contributed by atoms with Gasteiger partial charge in [-0.3, -0.25) is 9.59 Å². The molecule has 0 spiro atoms. The molecule has 2 heterocycles. The topological polar surface area (TPSA) is 64.7 Å².